The molecule has 0 saturated carbocycles. The highest BCUT2D eigenvalue weighted by atomic mass is 35.5. The van der Waals surface area contributed by atoms with E-state index in [1.54, 1.807) is 12.3 Å². The molecule has 0 amide bonds. The van der Waals surface area contributed by atoms with Crippen molar-refractivity contribution in [3.8, 4) is 17.3 Å². The van der Waals surface area contributed by atoms with Crippen molar-refractivity contribution < 1.29 is 4.39 Å². The lowest BCUT2D eigenvalue weighted by Crippen LogP contribution is -2.14. The standard InChI is InChI=1S/C12H7ClFN3OS/c1-19-12-16-10(7(5-15)11(18)17-12)6-2-3-9(14)8(13)4-6/h2-4H,1H3,(H,16,17,18). The number of rotatable bonds is 2. The van der Waals surface area contributed by atoms with E-state index in [-0.39, 0.29) is 16.3 Å². The van der Waals surface area contributed by atoms with Crippen molar-refractivity contribution in [2.24, 2.45) is 0 Å². The maximum Gasteiger partial charge on any atom is 0.270 e. The topological polar surface area (TPSA) is 69.5 Å². The molecule has 7 heteroatoms. The molecule has 19 heavy (non-hydrogen) atoms. The first-order valence-electron chi connectivity index (χ1n) is 5.10. The fraction of sp³-hybridized carbons (Fsp3) is 0.0833. The maximum atomic E-state index is 13.1. The third-order valence-corrected chi connectivity index (χ3v) is 3.27. The summed E-state index contributed by atoms with van der Waals surface area (Å²) in [6.07, 6.45) is 1.74. The van der Waals surface area contributed by atoms with E-state index < -0.39 is 11.4 Å². The maximum absolute atomic E-state index is 13.1. The van der Waals surface area contributed by atoms with Gasteiger partial charge >= 0.3 is 0 Å². The average Bonchev–Trinajstić information content (AvgIpc) is 2.41. The molecule has 0 bridgehead atoms. The normalized spacial score (nSPS) is 10.2. The van der Waals surface area contributed by atoms with Crippen molar-refractivity contribution >= 4 is 23.4 Å². The molecule has 4 nitrogen and oxygen atoms in total. The van der Waals surface area contributed by atoms with Gasteiger partial charge in [0, 0.05) is 5.56 Å². The van der Waals surface area contributed by atoms with Crippen LogP contribution in [0.15, 0.2) is 28.2 Å². The number of H-pyrrole nitrogens is 1. The van der Waals surface area contributed by atoms with Crippen LogP contribution in [0.4, 0.5) is 4.39 Å². The van der Waals surface area contributed by atoms with Crippen LogP contribution in [0, 0.1) is 17.1 Å². The molecule has 2 rings (SSSR count). The van der Waals surface area contributed by atoms with Gasteiger partial charge in [-0.05, 0) is 24.5 Å². The van der Waals surface area contributed by atoms with E-state index in [2.05, 4.69) is 9.97 Å². The van der Waals surface area contributed by atoms with Crippen molar-refractivity contribution in [3.05, 3.63) is 45.0 Å². The Labute approximate surface area is 117 Å². The molecule has 0 spiro atoms. The number of thioether (sulfide) groups is 1. The van der Waals surface area contributed by atoms with Crippen molar-refractivity contribution in [2.45, 2.75) is 5.16 Å². The van der Waals surface area contributed by atoms with Crippen LogP contribution in [0.2, 0.25) is 5.02 Å². The highest BCUT2D eigenvalue weighted by Gasteiger charge is 2.14. The second-order valence-corrected chi connectivity index (χ2v) is 4.74. The summed E-state index contributed by atoms with van der Waals surface area (Å²) < 4.78 is 13.1. The second kappa shape index (κ2) is 5.43. The van der Waals surface area contributed by atoms with E-state index in [1.165, 1.54) is 30.0 Å². The Morgan fingerprint density at radius 3 is 2.84 bits per heavy atom. The molecule has 0 fully saturated rings. The molecule has 96 valence electrons. The highest BCUT2D eigenvalue weighted by Crippen LogP contribution is 2.25. The zero-order valence-electron chi connectivity index (χ0n) is 9.70. The third-order valence-electron chi connectivity index (χ3n) is 2.40. The molecule has 0 aliphatic carbocycles. The summed E-state index contributed by atoms with van der Waals surface area (Å²) in [7, 11) is 0. The van der Waals surface area contributed by atoms with Gasteiger partial charge in [0.05, 0.1) is 10.7 Å². The predicted molar refractivity (Wildman–Crippen MR) is 71.8 cm³/mol. The Balaban J connectivity index is 2.73. The molecular formula is C12H7ClFN3OS. The first-order valence-corrected chi connectivity index (χ1v) is 6.71. The van der Waals surface area contributed by atoms with Crippen molar-refractivity contribution in [1.82, 2.24) is 9.97 Å². The van der Waals surface area contributed by atoms with E-state index in [9.17, 15) is 9.18 Å². The van der Waals surface area contributed by atoms with Crippen LogP contribution >= 0.6 is 23.4 Å². The summed E-state index contributed by atoms with van der Waals surface area (Å²) in [6, 6.07) is 5.72. The summed E-state index contributed by atoms with van der Waals surface area (Å²) in [5, 5.41) is 9.31. The lowest BCUT2D eigenvalue weighted by atomic mass is 10.1. The third kappa shape index (κ3) is 2.62. The molecule has 0 saturated heterocycles. The van der Waals surface area contributed by atoms with Gasteiger partial charge in [-0.15, -0.1) is 0 Å². The van der Waals surface area contributed by atoms with Crippen LogP contribution in [0.3, 0.4) is 0 Å². The van der Waals surface area contributed by atoms with E-state index in [0.717, 1.165) is 0 Å². The largest absolute Gasteiger partial charge is 0.300 e. The van der Waals surface area contributed by atoms with Crippen LogP contribution in [-0.4, -0.2) is 16.2 Å². The van der Waals surface area contributed by atoms with Gasteiger partial charge in [0.2, 0.25) is 0 Å². The van der Waals surface area contributed by atoms with Crippen molar-refractivity contribution in [3.63, 3.8) is 0 Å². The van der Waals surface area contributed by atoms with Crippen LogP contribution in [0.1, 0.15) is 5.56 Å². The fourth-order valence-electron chi connectivity index (χ4n) is 1.51. The summed E-state index contributed by atoms with van der Waals surface area (Å²) in [5.74, 6) is -0.571. The second-order valence-electron chi connectivity index (χ2n) is 3.54. The monoisotopic (exact) mass is 295 g/mol. The van der Waals surface area contributed by atoms with Gasteiger partial charge in [0.15, 0.2) is 5.16 Å². The Morgan fingerprint density at radius 2 is 2.26 bits per heavy atom. The van der Waals surface area contributed by atoms with Crippen molar-refractivity contribution in [2.75, 3.05) is 6.26 Å². The molecule has 1 N–H and O–H groups in total. The Bertz CT molecular complexity index is 739. The Kier molecular flexibility index (Phi) is 3.88. The lowest BCUT2D eigenvalue weighted by Gasteiger charge is -2.05. The summed E-state index contributed by atoms with van der Waals surface area (Å²) in [5.41, 5.74) is -0.0420. The van der Waals surface area contributed by atoms with Crippen LogP contribution in [-0.2, 0) is 0 Å². The van der Waals surface area contributed by atoms with Crippen LogP contribution in [0.25, 0.3) is 11.3 Å². The van der Waals surface area contributed by atoms with E-state index in [0.29, 0.717) is 10.7 Å². The van der Waals surface area contributed by atoms with Gasteiger partial charge in [-0.2, -0.15) is 5.26 Å². The number of benzene rings is 1. The minimum Gasteiger partial charge on any atom is -0.300 e. The van der Waals surface area contributed by atoms with Gasteiger partial charge in [0.25, 0.3) is 5.56 Å². The molecule has 2 aromatic rings. The van der Waals surface area contributed by atoms with Gasteiger partial charge in [-0.3, -0.25) is 4.79 Å². The first kappa shape index (κ1) is 13.6. The SMILES string of the molecule is CSc1nc(-c2ccc(F)c(Cl)c2)c(C#N)c(=O)[nH]1. The average molecular weight is 296 g/mol. The van der Waals surface area contributed by atoms with Crippen molar-refractivity contribution in [1.29, 1.82) is 5.26 Å². The van der Waals surface area contributed by atoms with E-state index in [1.807, 2.05) is 0 Å². The smallest absolute Gasteiger partial charge is 0.270 e. The van der Waals surface area contributed by atoms with Gasteiger partial charge < -0.3 is 4.98 Å². The molecule has 1 heterocycles. The number of nitriles is 1. The Hall–Kier alpha value is -1.84. The number of nitrogens with zero attached hydrogens (tertiary/aromatic N) is 2. The summed E-state index contributed by atoms with van der Waals surface area (Å²) in [4.78, 5) is 18.4. The molecule has 0 atom stereocenters. The number of halogens is 2. The number of aromatic nitrogens is 2. The quantitative estimate of drug-likeness (QED) is 0.683. The van der Waals surface area contributed by atoms with Crippen LogP contribution in [0.5, 0.6) is 0 Å². The summed E-state index contributed by atoms with van der Waals surface area (Å²) in [6.45, 7) is 0. The molecule has 1 aromatic heterocycles. The van der Waals surface area contributed by atoms with Gasteiger partial charge in [0.1, 0.15) is 17.4 Å². The predicted octanol–water partition coefficient (Wildman–Crippen LogP) is 2.82. The lowest BCUT2D eigenvalue weighted by molar-refractivity contribution is 0.628. The minimum atomic E-state index is -0.571. The van der Waals surface area contributed by atoms with E-state index in [4.69, 9.17) is 16.9 Å². The fourth-order valence-corrected chi connectivity index (χ4v) is 2.06. The molecule has 0 aliphatic rings. The number of nitrogens with one attached hydrogen (secondary N) is 1. The van der Waals surface area contributed by atoms with Crippen LogP contribution < -0.4 is 5.56 Å². The molecule has 0 unspecified atom stereocenters. The summed E-state index contributed by atoms with van der Waals surface area (Å²) >= 11 is 6.93. The highest BCUT2D eigenvalue weighted by molar-refractivity contribution is 7.98. The van der Waals surface area contributed by atoms with E-state index >= 15 is 0 Å². The minimum absolute atomic E-state index is 0.0887. The zero-order valence-corrected chi connectivity index (χ0v) is 11.3. The molecule has 1 aromatic carbocycles. The zero-order chi connectivity index (χ0) is 14.0. The first-order chi connectivity index (χ1) is 9.06. The molecular weight excluding hydrogens is 289 g/mol. The molecule has 0 radical (unpaired) electrons. The van der Waals surface area contributed by atoms with Gasteiger partial charge in [-0.25, -0.2) is 9.37 Å². The molecule has 0 aliphatic heterocycles. The Morgan fingerprint density at radius 1 is 1.53 bits per heavy atom. The number of hydrogen-bond donors (Lipinski definition) is 1. The van der Waals surface area contributed by atoms with Gasteiger partial charge in [-0.1, -0.05) is 23.4 Å². The number of aromatic amines is 1. The number of hydrogen-bond acceptors (Lipinski definition) is 4.